The number of hydrogen-bond donors (Lipinski definition) is 0. The first kappa shape index (κ1) is 15.9. The summed E-state index contributed by atoms with van der Waals surface area (Å²) in [6.45, 7) is 1.07. The van der Waals surface area contributed by atoms with Gasteiger partial charge in [-0.1, -0.05) is 23.7 Å². The number of fused-ring (bicyclic) bond motifs is 1. The fourth-order valence-electron chi connectivity index (χ4n) is 3.12. The summed E-state index contributed by atoms with van der Waals surface area (Å²) in [5.41, 5.74) is 0.995. The van der Waals surface area contributed by atoms with E-state index >= 15 is 0 Å². The number of benzene rings is 1. The predicted octanol–water partition coefficient (Wildman–Crippen LogP) is 4.00. The van der Waals surface area contributed by atoms with Gasteiger partial charge in [0, 0.05) is 34.9 Å². The van der Waals surface area contributed by atoms with Gasteiger partial charge in [0.15, 0.2) is 0 Å². The highest BCUT2D eigenvalue weighted by Gasteiger charge is 2.38. The van der Waals surface area contributed by atoms with Gasteiger partial charge in [0.1, 0.15) is 0 Å². The predicted molar refractivity (Wildman–Crippen MR) is 95.9 cm³/mol. The molecule has 24 heavy (non-hydrogen) atoms. The molecular formula is C17H15ClN2O2S2. The van der Waals surface area contributed by atoms with Crippen LogP contribution in [0.15, 0.2) is 65.0 Å². The molecule has 4 rings (SSSR count). The maximum atomic E-state index is 13.2. The molecule has 0 saturated heterocycles. The van der Waals surface area contributed by atoms with Crippen molar-refractivity contribution in [1.82, 2.24) is 8.87 Å². The Labute approximate surface area is 150 Å². The van der Waals surface area contributed by atoms with Gasteiger partial charge in [-0.25, -0.2) is 8.42 Å². The number of halogens is 1. The van der Waals surface area contributed by atoms with Crippen molar-refractivity contribution in [1.29, 1.82) is 0 Å². The summed E-state index contributed by atoms with van der Waals surface area (Å²) in [6, 6.07) is 14.0. The van der Waals surface area contributed by atoms with Gasteiger partial charge in [0.2, 0.25) is 10.0 Å². The van der Waals surface area contributed by atoms with Gasteiger partial charge in [0.05, 0.1) is 10.9 Å². The lowest BCUT2D eigenvalue weighted by Crippen LogP contribution is -2.42. The van der Waals surface area contributed by atoms with Gasteiger partial charge < -0.3 is 4.57 Å². The molecule has 1 aliphatic rings. The first-order valence-corrected chi connectivity index (χ1v) is 10.2. The smallest absolute Gasteiger partial charge is 0.244 e. The molecule has 1 aliphatic heterocycles. The molecule has 3 aromatic rings. The van der Waals surface area contributed by atoms with E-state index in [1.807, 2.05) is 35.8 Å². The van der Waals surface area contributed by atoms with Crippen molar-refractivity contribution in [3.63, 3.8) is 0 Å². The van der Waals surface area contributed by atoms with Crippen LogP contribution in [0.25, 0.3) is 0 Å². The van der Waals surface area contributed by atoms with E-state index in [4.69, 9.17) is 11.6 Å². The van der Waals surface area contributed by atoms with Crippen LogP contribution in [-0.4, -0.2) is 23.8 Å². The van der Waals surface area contributed by atoms with E-state index in [9.17, 15) is 8.42 Å². The minimum absolute atomic E-state index is 0.233. The van der Waals surface area contributed by atoms with Crippen molar-refractivity contribution in [2.75, 3.05) is 6.54 Å². The summed E-state index contributed by atoms with van der Waals surface area (Å²) >= 11 is 7.57. The Kier molecular flexibility index (Phi) is 4.00. The zero-order valence-corrected chi connectivity index (χ0v) is 15.1. The lowest BCUT2D eigenvalue weighted by atomic mass is 10.1. The average molecular weight is 379 g/mol. The number of sulfonamides is 1. The van der Waals surface area contributed by atoms with Crippen molar-refractivity contribution in [3.8, 4) is 0 Å². The van der Waals surface area contributed by atoms with E-state index in [-0.39, 0.29) is 10.9 Å². The normalized spacial score (nSPS) is 18.5. The minimum Gasteiger partial charge on any atom is -0.348 e. The lowest BCUT2D eigenvalue weighted by Gasteiger charge is -2.35. The molecule has 0 saturated carbocycles. The second-order valence-electron chi connectivity index (χ2n) is 5.62. The Balaban J connectivity index is 1.85. The fraction of sp³-hybridized carbons (Fsp3) is 0.176. The van der Waals surface area contributed by atoms with Gasteiger partial charge in [-0.3, -0.25) is 0 Å². The number of nitrogens with zero attached hydrogens (tertiary/aromatic N) is 2. The van der Waals surface area contributed by atoms with E-state index in [0.717, 1.165) is 10.6 Å². The fourth-order valence-corrected chi connectivity index (χ4v) is 5.91. The van der Waals surface area contributed by atoms with Crippen molar-refractivity contribution < 1.29 is 8.42 Å². The summed E-state index contributed by atoms with van der Waals surface area (Å²) in [5.74, 6) is 0. The monoisotopic (exact) mass is 378 g/mol. The molecule has 0 aliphatic carbocycles. The van der Waals surface area contributed by atoms with Crippen molar-refractivity contribution in [2.24, 2.45) is 0 Å². The molecule has 124 valence electrons. The maximum absolute atomic E-state index is 13.2. The lowest BCUT2D eigenvalue weighted by molar-refractivity contribution is 0.301. The average Bonchev–Trinajstić information content (AvgIpc) is 3.25. The Morgan fingerprint density at radius 1 is 1.08 bits per heavy atom. The molecule has 1 aromatic carbocycles. The van der Waals surface area contributed by atoms with E-state index in [1.165, 1.54) is 6.07 Å². The molecule has 0 spiro atoms. The quantitative estimate of drug-likeness (QED) is 0.691. The third-order valence-electron chi connectivity index (χ3n) is 4.21. The highest BCUT2D eigenvalue weighted by Crippen LogP contribution is 2.38. The molecule has 2 aromatic heterocycles. The van der Waals surface area contributed by atoms with Gasteiger partial charge >= 0.3 is 0 Å². The second-order valence-corrected chi connectivity index (χ2v) is 8.92. The van der Waals surface area contributed by atoms with Gasteiger partial charge in [-0.05, 0) is 41.8 Å². The summed E-state index contributed by atoms with van der Waals surface area (Å²) in [5, 5.41) is 2.39. The van der Waals surface area contributed by atoms with Gasteiger partial charge in [-0.15, -0.1) is 11.3 Å². The minimum atomic E-state index is -3.64. The molecule has 0 amide bonds. The van der Waals surface area contributed by atoms with Crippen molar-refractivity contribution >= 4 is 33.0 Å². The standard InChI is InChI=1S/C17H15ClN2O2S2/c18-13-4-1-5-14(12-13)24(21,22)20-10-9-19-8-2-6-15(19)17(20)16-7-3-11-23-16/h1-8,11-12,17H,9-10H2. The number of thiophene rings is 1. The molecular weight excluding hydrogens is 364 g/mol. The molecule has 1 atom stereocenters. The molecule has 3 heterocycles. The van der Waals surface area contributed by atoms with Crippen molar-refractivity contribution in [3.05, 3.63) is 75.7 Å². The first-order valence-electron chi connectivity index (χ1n) is 7.53. The highest BCUT2D eigenvalue weighted by atomic mass is 35.5. The van der Waals surface area contributed by atoms with Crippen LogP contribution >= 0.6 is 22.9 Å². The van der Waals surface area contributed by atoms with Crippen LogP contribution < -0.4 is 0 Å². The largest absolute Gasteiger partial charge is 0.348 e. The highest BCUT2D eigenvalue weighted by molar-refractivity contribution is 7.89. The van der Waals surface area contributed by atoms with E-state index < -0.39 is 10.0 Å². The van der Waals surface area contributed by atoms with Crippen LogP contribution in [0.5, 0.6) is 0 Å². The zero-order chi connectivity index (χ0) is 16.7. The Morgan fingerprint density at radius 3 is 2.71 bits per heavy atom. The summed E-state index contributed by atoms with van der Waals surface area (Å²) in [4.78, 5) is 1.25. The number of rotatable bonds is 3. The van der Waals surface area contributed by atoms with Crippen LogP contribution in [0.1, 0.15) is 16.6 Å². The van der Waals surface area contributed by atoms with Crippen LogP contribution in [0, 0.1) is 0 Å². The molecule has 4 nitrogen and oxygen atoms in total. The number of aromatic nitrogens is 1. The summed E-state index contributed by atoms with van der Waals surface area (Å²) in [7, 11) is -3.64. The van der Waals surface area contributed by atoms with Crippen molar-refractivity contribution in [2.45, 2.75) is 17.5 Å². The van der Waals surface area contributed by atoms with E-state index in [1.54, 1.807) is 33.8 Å². The Hall–Kier alpha value is -1.60. The second kappa shape index (κ2) is 6.04. The topological polar surface area (TPSA) is 42.3 Å². The summed E-state index contributed by atoms with van der Waals surface area (Å²) in [6.07, 6.45) is 2.00. The van der Waals surface area contributed by atoms with Crippen LogP contribution in [0.3, 0.4) is 0 Å². The summed E-state index contributed by atoms with van der Waals surface area (Å²) < 4.78 is 30.2. The molecule has 0 fully saturated rings. The van der Waals surface area contributed by atoms with Crippen LogP contribution in [-0.2, 0) is 16.6 Å². The van der Waals surface area contributed by atoms with E-state index in [2.05, 4.69) is 4.57 Å². The molecule has 0 radical (unpaired) electrons. The molecule has 0 bridgehead atoms. The Bertz CT molecular complexity index is 964. The van der Waals surface area contributed by atoms with Gasteiger partial charge in [-0.2, -0.15) is 4.31 Å². The maximum Gasteiger partial charge on any atom is 0.244 e. The molecule has 0 N–H and O–H groups in total. The molecule has 1 unspecified atom stereocenters. The SMILES string of the molecule is O=S(=O)(c1cccc(Cl)c1)N1CCn2cccc2C1c1cccs1. The third-order valence-corrected chi connectivity index (χ3v) is 7.23. The zero-order valence-electron chi connectivity index (χ0n) is 12.7. The first-order chi connectivity index (χ1) is 11.6. The van der Waals surface area contributed by atoms with E-state index in [0.29, 0.717) is 18.1 Å². The Morgan fingerprint density at radius 2 is 1.96 bits per heavy atom. The van der Waals surface area contributed by atoms with Crippen LogP contribution in [0.2, 0.25) is 5.02 Å². The molecule has 7 heteroatoms. The third kappa shape index (κ3) is 2.59. The number of hydrogen-bond acceptors (Lipinski definition) is 3. The van der Waals surface area contributed by atoms with Gasteiger partial charge in [0.25, 0.3) is 0 Å². The van der Waals surface area contributed by atoms with Crippen LogP contribution in [0.4, 0.5) is 0 Å².